The van der Waals surface area contributed by atoms with E-state index >= 15 is 0 Å². The predicted octanol–water partition coefficient (Wildman–Crippen LogP) is 1.18. The summed E-state index contributed by atoms with van der Waals surface area (Å²) in [6, 6.07) is 0. The Morgan fingerprint density at radius 1 is 0.895 bits per heavy atom. The molecule has 2 N–H and O–H groups in total. The first-order chi connectivity index (χ1) is 9.22. The van der Waals surface area contributed by atoms with Crippen molar-refractivity contribution in [2.24, 2.45) is 0 Å². The minimum Gasteiger partial charge on any atom is -0.400 e. The monoisotopic (exact) mass is 282 g/mol. The third-order valence-electron chi connectivity index (χ3n) is 1.45. The quantitative estimate of drug-likeness (QED) is 0.394. The van der Waals surface area contributed by atoms with Gasteiger partial charge in [-0.1, -0.05) is 0 Å². The molecule has 0 unspecified atom stereocenters. The Kier molecular flexibility index (Phi) is 50.5. The van der Waals surface area contributed by atoms with E-state index in [0.717, 1.165) is 40.0 Å². The van der Waals surface area contributed by atoms with E-state index in [4.69, 9.17) is 19.7 Å². The van der Waals surface area contributed by atoms with Gasteiger partial charge in [0.05, 0.1) is 0 Å². The van der Waals surface area contributed by atoms with E-state index in [1.807, 2.05) is 20.8 Å². The standard InChI is InChI=1S/C6H14O2.C5H8O2.2CH4O/c1-4-7-6(3)8-5-2;6-4-2-1-3-5-7;2*1-2/h6H,4-5H2,1-3H3;4-5H,1-3H2;2*2H,1H3. The van der Waals surface area contributed by atoms with Gasteiger partial charge < -0.3 is 29.3 Å². The summed E-state index contributed by atoms with van der Waals surface area (Å²) in [5.74, 6) is 0. The first kappa shape index (κ1) is 26.7. The van der Waals surface area contributed by atoms with Crippen molar-refractivity contribution < 1.29 is 29.3 Å². The maximum atomic E-state index is 9.56. The van der Waals surface area contributed by atoms with Crippen molar-refractivity contribution in [3.05, 3.63) is 0 Å². The molecule has 0 aromatic rings. The molecule has 0 atom stereocenters. The average Bonchev–Trinajstić information content (AvgIpc) is 2.45. The lowest BCUT2D eigenvalue weighted by molar-refractivity contribution is -0.123. The van der Waals surface area contributed by atoms with Crippen LogP contribution < -0.4 is 0 Å². The maximum absolute atomic E-state index is 9.56. The maximum Gasteiger partial charge on any atom is 0.154 e. The Morgan fingerprint density at radius 3 is 1.42 bits per heavy atom. The summed E-state index contributed by atoms with van der Waals surface area (Å²) in [6.07, 6.45) is 3.34. The Hall–Kier alpha value is -0.820. The summed E-state index contributed by atoms with van der Waals surface area (Å²) in [5.41, 5.74) is 0. The van der Waals surface area contributed by atoms with Crippen LogP contribution in [0.5, 0.6) is 0 Å². The van der Waals surface area contributed by atoms with Crippen LogP contribution in [0.4, 0.5) is 0 Å². The highest BCUT2D eigenvalue weighted by molar-refractivity contribution is 5.52. The number of rotatable bonds is 8. The molecule has 0 amide bonds. The Labute approximate surface area is 116 Å². The van der Waals surface area contributed by atoms with E-state index < -0.39 is 0 Å². The van der Waals surface area contributed by atoms with Gasteiger partial charge in [0.15, 0.2) is 6.29 Å². The fourth-order valence-electron chi connectivity index (χ4n) is 0.802. The summed E-state index contributed by atoms with van der Waals surface area (Å²) in [6.45, 7) is 7.25. The van der Waals surface area contributed by atoms with Crippen molar-refractivity contribution >= 4 is 12.6 Å². The fourth-order valence-corrected chi connectivity index (χ4v) is 0.802. The van der Waals surface area contributed by atoms with Crippen molar-refractivity contribution in [2.75, 3.05) is 27.4 Å². The van der Waals surface area contributed by atoms with Crippen molar-refractivity contribution in [1.82, 2.24) is 0 Å². The zero-order chi connectivity index (χ0) is 15.9. The molecule has 0 spiro atoms. The van der Waals surface area contributed by atoms with E-state index in [0.29, 0.717) is 19.3 Å². The predicted molar refractivity (Wildman–Crippen MR) is 75.0 cm³/mol. The largest absolute Gasteiger partial charge is 0.400 e. The Balaban J connectivity index is -0.0000000941. The van der Waals surface area contributed by atoms with E-state index in [2.05, 4.69) is 0 Å². The zero-order valence-corrected chi connectivity index (χ0v) is 12.8. The lowest BCUT2D eigenvalue weighted by Crippen LogP contribution is -2.11. The molecule has 0 bridgehead atoms. The van der Waals surface area contributed by atoms with Gasteiger partial charge >= 0.3 is 0 Å². The normalized spacial score (nSPS) is 8.00. The molecule has 6 nitrogen and oxygen atoms in total. The van der Waals surface area contributed by atoms with Crippen molar-refractivity contribution in [2.45, 2.75) is 46.3 Å². The zero-order valence-electron chi connectivity index (χ0n) is 12.8. The fraction of sp³-hybridized carbons (Fsp3) is 0.846. The number of aldehydes is 2. The molecular formula is C13H30O6. The number of carbonyl (C=O) groups is 2. The van der Waals surface area contributed by atoms with Crippen LogP contribution in [0, 0.1) is 0 Å². The van der Waals surface area contributed by atoms with Crippen LogP contribution in [0.25, 0.3) is 0 Å². The lowest BCUT2D eigenvalue weighted by atomic mass is 10.3. The van der Waals surface area contributed by atoms with Crippen LogP contribution in [-0.4, -0.2) is 56.5 Å². The van der Waals surface area contributed by atoms with Crippen molar-refractivity contribution in [3.8, 4) is 0 Å². The van der Waals surface area contributed by atoms with Gasteiger partial charge in [-0.05, 0) is 27.2 Å². The van der Waals surface area contributed by atoms with E-state index in [1.165, 1.54) is 0 Å². The molecule has 0 saturated carbocycles. The lowest BCUT2D eigenvalue weighted by Gasteiger charge is -2.09. The second kappa shape index (κ2) is 36.0. The number of hydrogen-bond donors (Lipinski definition) is 2. The summed E-state index contributed by atoms with van der Waals surface area (Å²) >= 11 is 0. The molecule has 0 aromatic heterocycles. The van der Waals surface area contributed by atoms with E-state index in [9.17, 15) is 9.59 Å². The molecule has 0 saturated heterocycles. The third-order valence-corrected chi connectivity index (χ3v) is 1.45. The second-order valence-electron chi connectivity index (χ2n) is 2.74. The number of unbranched alkanes of at least 4 members (excludes halogenated alkanes) is 2. The van der Waals surface area contributed by atoms with Crippen molar-refractivity contribution in [1.29, 1.82) is 0 Å². The molecule has 0 fully saturated rings. The highest BCUT2D eigenvalue weighted by Gasteiger charge is 1.94. The van der Waals surface area contributed by atoms with Gasteiger partial charge in [-0.2, -0.15) is 0 Å². The van der Waals surface area contributed by atoms with Crippen LogP contribution in [0.15, 0.2) is 0 Å². The van der Waals surface area contributed by atoms with Gasteiger partial charge in [-0.15, -0.1) is 0 Å². The molecule has 0 rings (SSSR count). The molecule has 0 aliphatic carbocycles. The number of ether oxygens (including phenoxy) is 2. The summed E-state index contributed by atoms with van der Waals surface area (Å²) in [5, 5.41) is 14.0. The molecule has 0 aliphatic rings. The van der Waals surface area contributed by atoms with Gasteiger partial charge in [0.2, 0.25) is 0 Å². The third kappa shape index (κ3) is 47.0. The number of aliphatic hydroxyl groups is 2. The van der Waals surface area contributed by atoms with Gasteiger partial charge in [-0.3, -0.25) is 0 Å². The molecule has 0 aromatic carbocycles. The van der Waals surface area contributed by atoms with Crippen LogP contribution >= 0.6 is 0 Å². The highest BCUT2D eigenvalue weighted by atomic mass is 16.7. The number of hydrogen-bond acceptors (Lipinski definition) is 6. The summed E-state index contributed by atoms with van der Waals surface area (Å²) in [7, 11) is 2.00. The first-order valence-electron chi connectivity index (χ1n) is 6.22. The topological polar surface area (TPSA) is 93.1 Å². The smallest absolute Gasteiger partial charge is 0.154 e. The van der Waals surface area contributed by atoms with Gasteiger partial charge in [0.25, 0.3) is 0 Å². The highest BCUT2D eigenvalue weighted by Crippen LogP contribution is 1.90. The molecule has 118 valence electrons. The van der Waals surface area contributed by atoms with Gasteiger partial charge in [0, 0.05) is 40.3 Å². The number of aliphatic hydroxyl groups excluding tert-OH is 2. The molecular weight excluding hydrogens is 252 g/mol. The van der Waals surface area contributed by atoms with Crippen LogP contribution in [0.2, 0.25) is 0 Å². The summed E-state index contributed by atoms with van der Waals surface area (Å²) in [4.78, 5) is 19.1. The van der Waals surface area contributed by atoms with Gasteiger partial charge in [0.1, 0.15) is 12.6 Å². The SMILES string of the molecule is CCOC(C)OCC.CO.CO.O=CCCCC=O. The molecule has 6 heteroatoms. The molecule has 0 heterocycles. The molecule has 0 radical (unpaired) electrons. The van der Waals surface area contributed by atoms with E-state index in [1.54, 1.807) is 0 Å². The van der Waals surface area contributed by atoms with E-state index in [-0.39, 0.29) is 6.29 Å². The minimum absolute atomic E-state index is 0.0370. The van der Waals surface area contributed by atoms with Crippen molar-refractivity contribution in [3.63, 3.8) is 0 Å². The van der Waals surface area contributed by atoms with Crippen LogP contribution in [0.3, 0.4) is 0 Å². The average molecular weight is 282 g/mol. The Bertz CT molecular complexity index is 127. The Morgan fingerprint density at radius 2 is 1.21 bits per heavy atom. The first-order valence-corrected chi connectivity index (χ1v) is 6.22. The minimum atomic E-state index is -0.0370. The number of carbonyl (C=O) groups excluding carboxylic acids is 2. The molecule has 19 heavy (non-hydrogen) atoms. The van der Waals surface area contributed by atoms with Crippen LogP contribution in [0.1, 0.15) is 40.0 Å². The second-order valence-corrected chi connectivity index (χ2v) is 2.74. The van der Waals surface area contributed by atoms with Gasteiger partial charge in [-0.25, -0.2) is 0 Å². The molecule has 0 aliphatic heterocycles. The summed E-state index contributed by atoms with van der Waals surface area (Å²) < 4.78 is 10.1. The van der Waals surface area contributed by atoms with Crippen LogP contribution in [-0.2, 0) is 19.1 Å².